The lowest BCUT2D eigenvalue weighted by atomic mass is 9.75. The molecule has 18 heavy (non-hydrogen) atoms. The van der Waals surface area contributed by atoms with Gasteiger partial charge < -0.3 is 10.6 Å². The molecule has 0 bridgehead atoms. The van der Waals surface area contributed by atoms with Gasteiger partial charge >= 0.3 is 0 Å². The van der Waals surface area contributed by atoms with Gasteiger partial charge in [0.1, 0.15) is 0 Å². The van der Waals surface area contributed by atoms with Gasteiger partial charge in [-0.05, 0) is 61.8 Å². The van der Waals surface area contributed by atoms with Crippen LogP contribution >= 0.6 is 0 Å². The highest BCUT2D eigenvalue weighted by atomic mass is 15.1. The van der Waals surface area contributed by atoms with E-state index in [0.29, 0.717) is 11.5 Å². The average Bonchev–Trinajstić information content (AvgIpc) is 2.27. The van der Waals surface area contributed by atoms with Crippen molar-refractivity contribution in [3.05, 3.63) is 23.8 Å². The highest BCUT2D eigenvalue weighted by Gasteiger charge is 2.28. The lowest BCUT2D eigenvalue weighted by molar-refractivity contribution is 0.222. The van der Waals surface area contributed by atoms with Crippen molar-refractivity contribution in [2.45, 2.75) is 52.5 Å². The SMILES string of the molecule is Cc1cc(N)cc(N(C)C2CCC(C)(C)CC2)c1. The zero-order valence-corrected chi connectivity index (χ0v) is 12.2. The lowest BCUT2D eigenvalue weighted by Crippen LogP contribution is -2.37. The minimum atomic E-state index is 0.531. The first-order valence-electron chi connectivity index (χ1n) is 6.97. The molecule has 0 atom stereocenters. The molecule has 2 N–H and O–H groups in total. The van der Waals surface area contributed by atoms with E-state index in [0.717, 1.165) is 5.69 Å². The Bertz CT molecular complexity index is 393. The Morgan fingerprint density at radius 3 is 2.33 bits per heavy atom. The molecule has 0 unspecified atom stereocenters. The third-order valence-corrected chi connectivity index (χ3v) is 4.35. The van der Waals surface area contributed by atoms with Crippen molar-refractivity contribution in [3.63, 3.8) is 0 Å². The molecule has 0 saturated heterocycles. The number of nitrogens with zero attached hydrogens (tertiary/aromatic N) is 1. The number of aryl methyl sites for hydroxylation is 1. The molecule has 0 heterocycles. The normalized spacial score (nSPS) is 19.8. The van der Waals surface area contributed by atoms with Crippen molar-refractivity contribution < 1.29 is 0 Å². The molecule has 2 heteroatoms. The smallest absolute Gasteiger partial charge is 0.0389 e. The van der Waals surface area contributed by atoms with E-state index in [1.807, 2.05) is 6.07 Å². The minimum Gasteiger partial charge on any atom is -0.399 e. The van der Waals surface area contributed by atoms with Crippen LogP contribution in [0.4, 0.5) is 11.4 Å². The first-order valence-corrected chi connectivity index (χ1v) is 6.97. The van der Waals surface area contributed by atoms with E-state index in [1.54, 1.807) is 0 Å². The summed E-state index contributed by atoms with van der Waals surface area (Å²) in [5, 5.41) is 0. The van der Waals surface area contributed by atoms with Gasteiger partial charge in [0.25, 0.3) is 0 Å². The van der Waals surface area contributed by atoms with Gasteiger partial charge in [0, 0.05) is 24.5 Å². The van der Waals surface area contributed by atoms with E-state index < -0.39 is 0 Å². The molecular weight excluding hydrogens is 220 g/mol. The van der Waals surface area contributed by atoms with Gasteiger partial charge in [-0.3, -0.25) is 0 Å². The standard InChI is InChI=1S/C16H26N2/c1-12-9-13(17)11-15(10-12)18(4)14-5-7-16(2,3)8-6-14/h9-11,14H,5-8,17H2,1-4H3. The van der Waals surface area contributed by atoms with E-state index in [4.69, 9.17) is 5.73 Å². The topological polar surface area (TPSA) is 29.3 Å². The molecule has 1 aromatic rings. The van der Waals surface area contributed by atoms with Crippen molar-refractivity contribution in [3.8, 4) is 0 Å². The lowest BCUT2D eigenvalue weighted by Gasteiger charge is -2.39. The Kier molecular flexibility index (Phi) is 3.56. The maximum atomic E-state index is 5.94. The molecule has 1 fully saturated rings. The van der Waals surface area contributed by atoms with Crippen molar-refractivity contribution in [2.75, 3.05) is 17.7 Å². The highest BCUT2D eigenvalue weighted by Crippen LogP contribution is 2.37. The first kappa shape index (κ1) is 13.3. The molecule has 1 aliphatic carbocycles. The molecule has 1 aliphatic rings. The minimum absolute atomic E-state index is 0.531. The highest BCUT2D eigenvalue weighted by molar-refractivity contribution is 5.58. The van der Waals surface area contributed by atoms with Crippen LogP contribution in [0.15, 0.2) is 18.2 Å². The summed E-state index contributed by atoms with van der Waals surface area (Å²) < 4.78 is 0. The molecule has 0 spiro atoms. The molecule has 2 nitrogen and oxygen atoms in total. The number of hydrogen-bond acceptors (Lipinski definition) is 2. The second kappa shape index (κ2) is 4.83. The van der Waals surface area contributed by atoms with Gasteiger partial charge in [0.2, 0.25) is 0 Å². The average molecular weight is 246 g/mol. The summed E-state index contributed by atoms with van der Waals surface area (Å²) >= 11 is 0. The second-order valence-electron chi connectivity index (χ2n) is 6.61. The Morgan fingerprint density at radius 2 is 1.78 bits per heavy atom. The Balaban J connectivity index is 2.09. The van der Waals surface area contributed by atoms with Crippen LogP contribution in [-0.2, 0) is 0 Å². The van der Waals surface area contributed by atoms with Crippen LogP contribution in [-0.4, -0.2) is 13.1 Å². The monoisotopic (exact) mass is 246 g/mol. The molecule has 0 aliphatic heterocycles. The molecule has 1 saturated carbocycles. The van der Waals surface area contributed by atoms with E-state index in [1.165, 1.54) is 36.9 Å². The number of rotatable bonds is 2. The quantitative estimate of drug-likeness (QED) is 0.800. The zero-order valence-electron chi connectivity index (χ0n) is 12.2. The number of hydrogen-bond donors (Lipinski definition) is 1. The van der Waals surface area contributed by atoms with E-state index >= 15 is 0 Å². The third kappa shape index (κ3) is 2.98. The van der Waals surface area contributed by atoms with Crippen LogP contribution < -0.4 is 10.6 Å². The fourth-order valence-corrected chi connectivity index (χ4v) is 2.98. The summed E-state index contributed by atoms with van der Waals surface area (Å²) in [5.74, 6) is 0. The summed E-state index contributed by atoms with van der Waals surface area (Å²) in [6.07, 6.45) is 5.22. The summed E-state index contributed by atoms with van der Waals surface area (Å²) in [7, 11) is 2.21. The predicted octanol–water partition coefficient (Wildman–Crippen LogP) is 3.98. The van der Waals surface area contributed by atoms with Crippen LogP contribution in [0.1, 0.15) is 45.1 Å². The van der Waals surface area contributed by atoms with Crippen LogP contribution in [0.3, 0.4) is 0 Å². The fourth-order valence-electron chi connectivity index (χ4n) is 2.98. The van der Waals surface area contributed by atoms with E-state index in [2.05, 4.69) is 44.9 Å². The van der Waals surface area contributed by atoms with Crippen molar-refractivity contribution in [2.24, 2.45) is 5.41 Å². The van der Waals surface area contributed by atoms with Gasteiger partial charge in [-0.15, -0.1) is 0 Å². The summed E-state index contributed by atoms with van der Waals surface area (Å²) in [6, 6.07) is 7.02. The maximum absolute atomic E-state index is 5.94. The second-order valence-corrected chi connectivity index (χ2v) is 6.61. The number of nitrogens with two attached hydrogens (primary N) is 1. The molecule has 100 valence electrons. The molecular formula is C16H26N2. The fraction of sp³-hybridized carbons (Fsp3) is 0.625. The van der Waals surface area contributed by atoms with Crippen LogP contribution in [0.2, 0.25) is 0 Å². The zero-order chi connectivity index (χ0) is 13.3. The predicted molar refractivity (Wildman–Crippen MR) is 80.0 cm³/mol. The summed E-state index contributed by atoms with van der Waals surface area (Å²) in [5.41, 5.74) is 9.85. The first-order chi connectivity index (χ1) is 8.37. The molecule has 2 rings (SSSR count). The summed E-state index contributed by atoms with van der Waals surface area (Å²) in [4.78, 5) is 2.42. The van der Waals surface area contributed by atoms with Gasteiger partial charge in [-0.25, -0.2) is 0 Å². The maximum Gasteiger partial charge on any atom is 0.0389 e. The molecule has 1 aromatic carbocycles. The largest absolute Gasteiger partial charge is 0.399 e. The molecule has 0 aromatic heterocycles. The van der Waals surface area contributed by atoms with Gasteiger partial charge in [-0.2, -0.15) is 0 Å². The Morgan fingerprint density at radius 1 is 1.17 bits per heavy atom. The van der Waals surface area contributed by atoms with E-state index in [-0.39, 0.29) is 0 Å². The van der Waals surface area contributed by atoms with Gasteiger partial charge in [0.15, 0.2) is 0 Å². The summed E-state index contributed by atoms with van der Waals surface area (Å²) in [6.45, 7) is 6.87. The third-order valence-electron chi connectivity index (χ3n) is 4.35. The van der Waals surface area contributed by atoms with Crippen LogP contribution in [0.25, 0.3) is 0 Å². The number of anilines is 2. The Hall–Kier alpha value is -1.18. The molecule has 0 radical (unpaired) electrons. The molecule has 0 amide bonds. The van der Waals surface area contributed by atoms with Crippen LogP contribution in [0.5, 0.6) is 0 Å². The van der Waals surface area contributed by atoms with Crippen molar-refractivity contribution in [1.29, 1.82) is 0 Å². The Labute approximate surface area is 111 Å². The van der Waals surface area contributed by atoms with Gasteiger partial charge in [-0.1, -0.05) is 13.8 Å². The van der Waals surface area contributed by atoms with Crippen molar-refractivity contribution >= 4 is 11.4 Å². The van der Waals surface area contributed by atoms with Crippen LogP contribution in [0, 0.1) is 12.3 Å². The van der Waals surface area contributed by atoms with Gasteiger partial charge in [0.05, 0.1) is 0 Å². The number of nitrogen functional groups attached to an aromatic ring is 1. The number of benzene rings is 1. The van der Waals surface area contributed by atoms with E-state index in [9.17, 15) is 0 Å². The van der Waals surface area contributed by atoms with Crippen molar-refractivity contribution in [1.82, 2.24) is 0 Å².